The Kier molecular flexibility index (Phi) is 3.18. The fraction of sp³-hybridized carbons (Fsp3) is 0.778. The first-order valence-corrected chi connectivity index (χ1v) is 7.02. The van der Waals surface area contributed by atoms with Gasteiger partial charge in [0.15, 0.2) is 6.20 Å². The number of sulfonamides is 1. The number of ether oxygens (including phenoxy) is 2. The molecule has 102 valence electrons. The molecule has 0 aromatic carbocycles. The van der Waals surface area contributed by atoms with E-state index in [-0.39, 0.29) is 11.1 Å². The van der Waals surface area contributed by atoms with Crippen molar-refractivity contribution in [2.24, 2.45) is 5.14 Å². The number of nitrogens with zero attached hydrogens (tertiary/aromatic N) is 3. The predicted octanol–water partition coefficient (Wildman–Crippen LogP) is -1.27. The summed E-state index contributed by atoms with van der Waals surface area (Å²) in [6, 6.07) is -0.0341. The van der Waals surface area contributed by atoms with Gasteiger partial charge in [0.1, 0.15) is 19.3 Å². The third-order valence-electron chi connectivity index (χ3n) is 2.86. The van der Waals surface area contributed by atoms with E-state index in [0.717, 1.165) is 0 Å². The molecule has 0 radical (unpaired) electrons. The summed E-state index contributed by atoms with van der Waals surface area (Å²) in [5.41, 5.74) is -0.708. The van der Waals surface area contributed by atoms with Gasteiger partial charge in [0, 0.05) is 7.11 Å². The van der Waals surface area contributed by atoms with Crippen LogP contribution < -0.4 is 9.82 Å². The van der Waals surface area contributed by atoms with Gasteiger partial charge in [-0.05, 0) is 18.6 Å². The quantitative estimate of drug-likeness (QED) is 0.691. The number of nitrogens with two attached hydrogens (primary N) is 1. The van der Waals surface area contributed by atoms with E-state index < -0.39 is 15.7 Å². The summed E-state index contributed by atoms with van der Waals surface area (Å²) in [6.07, 6.45) is 1.38. The van der Waals surface area contributed by atoms with Crippen LogP contribution in [0.3, 0.4) is 0 Å². The Morgan fingerprint density at radius 1 is 1.61 bits per heavy atom. The molecule has 1 aromatic rings. The smallest absolute Gasteiger partial charge is 0.346 e. The van der Waals surface area contributed by atoms with Crippen molar-refractivity contribution in [1.82, 2.24) is 9.90 Å². The molecule has 8 nitrogen and oxygen atoms in total. The fourth-order valence-electron chi connectivity index (χ4n) is 1.76. The zero-order chi connectivity index (χ0) is 13.6. The maximum Gasteiger partial charge on any atom is 0.346 e. The first-order valence-electron chi connectivity index (χ1n) is 5.48. The van der Waals surface area contributed by atoms with Crippen LogP contribution in [0, 0.1) is 0 Å². The molecule has 1 aliphatic heterocycles. The number of aromatic nitrogens is 3. The lowest BCUT2D eigenvalue weighted by Gasteiger charge is -2.36. The van der Waals surface area contributed by atoms with Crippen molar-refractivity contribution in [1.29, 1.82) is 0 Å². The second kappa shape index (κ2) is 4.26. The average Bonchev–Trinajstić information content (AvgIpc) is 2.61. The number of hydrogen-bond acceptors (Lipinski definition) is 5. The molecule has 2 N–H and O–H groups in total. The van der Waals surface area contributed by atoms with Gasteiger partial charge in [-0.2, -0.15) is 0 Å². The highest BCUT2D eigenvalue weighted by Crippen LogP contribution is 2.21. The Labute approximate surface area is 105 Å². The lowest BCUT2D eigenvalue weighted by molar-refractivity contribution is -0.893. The van der Waals surface area contributed by atoms with Crippen molar-refractivity contribution in [2.75, 3.05) is 20.3 Å². The van der Waals surface area contributed by atoms with Crippen LogP contribution in [0.25, 0.3) is 0 Å². The van der Waals surface area contributed by atoms with Crippen molar-refractivity contribution < 1.29 is 22.6 Å². The summed E-state index contributed by atoms with van der Waals surface area (Å²) in [5.74, 6) is 0. The predicted molar refractivity (Wildman–Crippen MR) is 60.0 cm³/mol. The molecule has 2 heterocycles. The van der Waals surface area contributed by atoms with Crippen LogP contribution in [0.1, 0.15) is 19.9 Å². The molecule has 0 bridgehead atoms. The van der Waals surface area contributed by atoms with E-state index in [4.69, 9.17) is 14.6 Å². The minimum Gasteiger partial charge on any atom is -0.366 e. The summed E-state index contributed by atoms with van der Waals surface area (Å²) >= 11 is 0. The Morgan fingerprint density at radius 3 is 2.56 bits per heavy atom. The highest BCUT2D eigenvalue weighted by molar-refractivity contribution is 7.89. The molecule has 0 atom stereocenters. The van der Waals surface area contributed by atoms with Gasteiger partial charge in [-0.1, -0.05) is 0 Å². The van der Waals surface area contributed by atoms with Crippen molar-refractivity contribution in [2.45, 2.75) is 30.6 Å². The average molecular weight is 277 g/mol. The van der Waals surface area contributed by atoms with Crippen LogP contribution in [-0.2, 0) is 25.2 Å². The van der Waals surface area contributed by atoms with Crippen LogP contribution >= 0.6 is 0 Å². The van der Waals surface area contributed by atoms with Crippen molar-refractivity contribution in [3.05, 3.63) is 6.20 Å². The van der Waals surface area contributed by atoms with E-state index in [1.54, 1.807) is 11.8 Å². The zero-order valence-corrected chi connectivity index (χ0v) is 11.3. The first kappa shape index (κ1) is 13.4. The molecule has 0 amide bonds. The first-order chi connectivity index (χ1) is 8.30. The third-order valence-corrected chi connectivity index (χ3v) is 3.63. The third kappa shape index (κ3) is 2.03. The Morgan fingerprint density at radius 2 is 2.22 bits per heavy atom. The van der Waals surface area contributed by atoms with Crippen molar-refractivity contribution >= 4 is 10.0 Å². The van der Waals surface area contributed by atoms with E-state index >= 15 is 0 Å². The van der Waals surface area contributed by atoms with E-state index in [1.807, 2.05) is 13.8 Å². The topological polar surface area (TPSA) is 100 Å². The van der Waals surface area contributed by atoms with Crippen LogP contribution in [-0.4, -0.2) is 38.6 Å². The second-order valence-corrected chi connectivity index (χ2v) is 6.02. The molecule has 2 rings (SSSR count). The molecular formula is C9H17N4O4S+. The van der Waals surface area contributed by atoms with Gasteiger partial charge < -0.3 is 9.47 Å². The molecule has 18 heavy (non-hydrogen) atoms. The van der Waals surface area contributed by atoms with Crippen molar-refractivity contribution in [3.8, 4) is 0 Å². The summed E-state index contributed by atoms with van der Waals surface area (Å²) in [4.78, 5) is 1.53. The molecule has 1 saturated heterocycles. The molecule has 9 heteroatoms. The number of hydrogen-bond donors (Lipinski definition) is 1. The minimum atomic E-state index is -3.84. The highest BCUT2D eigenvalue weighted by atomic mass is 32.2. The zero-order valence-electron chi connectivity index (χ0n) is 10.5. The van der Waals surface area contributed by atoms with E-state index in [1.165, 1.54) is 11.0 Å². The van der Waals surface area contributed by atoms with Crippen LogP contribution in [0.4, 0.5) is 0 Å². The van der Waals surface area contributed by atoms with Gasteiger partial charge in [0.25, 0.3) is 15.7 Å². The maximum atomic E-state index is 11.4. The van der Waals surface area contributed by atoms with Crippen molar-refractivity contribution in [3.63, 3.8) is 0 Å². The SMILES string of the molecule is COC1([n+]2cc(S(N)(=O)=O)nn2C(C)C)COC1. The van der Waals surface area contributed by atoms with Gasteiger partial charge in [-0.25, -0.2) is 13.6 Å². The van der Waals surface area contributed by atoms with Gasteiger partial charge in [-0.3, -0.25) is 0 Å². The van der Waals surface area contributed by atoms with E-state index in [0.29, 0.717) is 13.2 Å². The van der Waals surface area contributed by atoms with Crippen LogP contribution in [0.2, 0.25) is 0 Å². The lowest BCUT2D eigenvalue weighted by atomic mass is 10.2. The lowest BCUT2D eigenvalue weighted by Crippen LogP contribution is -2.72. The molecule has 0 saturated carbocycles. The molecule has 1 aromatic heterocycles. The Balaban J connectivity index is 2.55. The fourth-order valence-corrected chi connectivity index (χ4v) is 2.20. The Hall–Kier alpha value is -1.03. The number of methoxy groups -OCH3 is 1. The second-order valence-electron chi connectivity index (χ2n) is 4.51. The molecule has 0 aliphatic carbocycles. The van der Waals surface area contributed by atoms with Gasteiger partial charge in [0.2, 0.25) is 0 Å². The number of rotatable bonds is 4. The van der Waals surface area contributed by atoms with E-state index in [9.17, 15) is 8.42 Å². The Bertz CT molecular complexity index is 541. The standard InChI is InChI=1S/C9H17N4O4S/c1-7(2)13-11-8(18(10,14)15)4-12(13)9(16-3)5-17-6-9/h4,7H,5-6H2,1-3H3,(H2,10,14,15)/q+1. The van der Waals surface area contributed by atoms with Gasteiger partial charge >= 0.3 is 5.03 Å². The van der Waals surface area contributed by atoms with Crippen LogP contribution in [0.15, 0.2) is 11.2 Å². The van der Waals surface area contributed by atoms with Gasteiger partial charge in [-0.15, -0.1) is 4.68 Å². The normalized spacial score (nSPS) is 18.9. The van der Waals surface area contributed by atoms with E-state index in [2.05, 4.69) is 5.10 Å². The monoisotopic (exact) mass is 277 g/mol. The van der Waals surface area contributed by atoms with Gasteiger partial charge in [0.05, 0.1) is 5.10 Å². The minimum absolute atomic E-state index is 0.0341. The summed E-state index contributed by atoms with van der Waals surface area (Å²) in [5, 5.41) is 8.92. The summed E-state index contributed by atoms with van der Waals surface area (Å²) in [6.45, 7) is 4.46. The molecule has 0 spiro atoms. The molecule has 0 unspecified atom stereocenters. The summed E-state index contributed by atoms with van der Waals surface area (Å²) < 4.78 is 34.9. The summed E-state index contributed by atoms with van der Waals surface area (Å²) in [7, 11) is -2.29. The van der Waals surface area contributed by atoms with Crippen LogP contribution in [0.5, 0.6) is 0 Å². The maximum absolute atomic E-state index is 11.4. The number of primary sulfonamides is 1. The highest BCUT2D eigenvalue weighted by Gasteiger charge is 2.49. The largest absolute Gasteiger partial charge is 0.366 e. The molecule has 1 aliphatic rings. The molecular weight excluding hydrogens is 260 g/mol. The molecule has 1 fully saturated rings.